The molecule has 0 saturated heterocycles. The Morgan fingerprint density at radius 3 is 2.20 bits per heavy atom. The predicted molar refractivity (Wildman–Crippen MR) is 201 cm³/mol. The number of carbonyl (C=O) groups is 1. The summed E-state index contributed by atoms with van der Waals surface area (Å²) in [5.41, 5.74) is 4.21. The Hall–Kier alpha value is -4.05. The van der Waals surface area contributed by atoms with Crippen LogP contribution in [0.4, 0.5) is 4.39 Å². The number of carboxylic acids is 1. The Kier molecular flexibility index (Phi) is 10.8. The minimum Gasteiger partial charge on any atom is -0.481 e. The van der Waals surface area contributed by atoms with E-state index in [1.165, 1.54) is 17.7 Å². The summed E-state index contributed by atoms with van der Waals surface area (Å²) >= 11 is 0. The molecule has 0 heterocycles. The summed E-state index contributed by atoms with van der Waals surface area (Å²) in [5, 5.41) is 11.6. The highest BCUT2D eigenvalue weighted by molar-refractivity contribution is 7.39. The van der Waals surface area contributed by atoms with Crippen LogP contribution in [0.5, 0.6) is 0 Å². The van der Waals surface area contributed by atoms with Crippen molar-refractivity contribution in [2.24, 2.45) is 5.92 Å². The maximum Gasteiger partial charge on any atom is 0.305 e. The molecule has 3 unspecified atom stereocenters. The lowest BCUT2D eigenvalue weighted by Crippen LogP contribution is -2.68. The van der Waals surface area contributed by atoms with Gasteiger partial charge >= 0.3 is 5.97 Å². The second-order valence-corrected chi connectivity index (χ2v) is 20.0. The van der Waals surface area contributed by atoms with Gasteiger partial charge in [0, 0.05) is 17.5 Å². The summed E-state index contributed by atoms with van der Waals surface area (Å²) in [6, 6.07) is 35.0. The van der Waals surface area contributed by atoms with Crippen LogP contribution in [0.2, 0.25) is 5.04 Å². The number of carboxylic acid groups (broad SMARTS) is 1. The molecule has 1 saturated carbocycles. The molecule has 6 rings (SSSR count). The van der Waals surface area contributed by atoms with Crippen LogP contribution >= 0.6 is 8.03 Å². The molecule has 2 aliphatic rings. The normalized spacial score (nSPS) is 19.7. The van der Waals surface area contributed by atoms with E-state index in [0.717, 1.165) is 46.3 Å². The molecular formula is C42H44FO5PSi. The van der Waals surface area contributed by atoms with Gasteiger partial charge in [-0.25, -0.2) is 4.39 Å². The average molecular weight is 707 g/mol. The van der Waals surface area contributed by atoms with Crippen LogP contribution in [0.25, 0.3) is 5.57 Å². The van der Waals surface area contributed by atoms with Crippen LogP contribution in [0.15, 0.2) is 115 Å². The number of benzene rings is 4. The van der Waals surface area contributed by atoms with Gasteiger partial charge in [0.2, 0.25) is 0 Å². The minimum absolute atomic E-state index is 0.0143. The van der Waals surface area contributed by atoms with Crippen LogP contribution in [0, 0.1) is 23.6 Å². The molecule has 2 aliphatic carbocycles. The van der Waals surface area contributed by atoms with Crippen LogP contribution in [-0.4, -0.2) is 38.3 Å². The Morgan fingerprint density at radius 1 is 0.960 bits per heavy atom. The lowest BCUT2D eigenvalue weighted by molar-refractivity contribution is -0.138. The molecule has 50 heavy (non-hydrogen) atoms. The summed E-state index contributed by atoms with van der Waals surface area (Å²) in [4.78, 5) is 12.1. The van der Waals surface area contributed by atoms with E-state index in [0.29, 0.717) is 0 Å². The van der Waals surface area contributed by atoms with Gasteiger partial charge in [0.15, 0.2) is 8.03 Å². The fourth-order valence-electron chi connectivity index (χ4n) is 7.95. The summed E-state index contributed by atoms with van der Waals surface area (Å²) in [6.45, 7) is 6.37. The number of hydrogen-bond acceptors (Lipinski definition) is 4. The number of fused-ring (bicyclic) bond motifs is 2. The van der Waals surface area contributed by atoms with Gasteiger partial charge in [0.1, 0.15) is 12.4 Å². The smallest absolute Gasteiger partial charge is 0.305 e. The molecular weight excluding hydrogens is 663 g/mol. The lowest BCUT2D eigenvalue weighted by Gasteiger charge is -2.45. The Bertz CT molecular complexity index is 1890. The molecule has 0 bridgehead atoms. The van der Waals surface area contributed by atoms with Crippen molar-refractivity contribution in [1.29, 1.82) is 0 Å². The summed E-state index contributed by atoms with van der Waals surface area (Å²) in [7, 11) is -5.77. The molecule has 4 atom stereocenters. The monoisotopic (exact) mass is 706 g/mol. The van der Waals surface area contributed by atoms with E-state index in [1.807, 2.05) is 78.9 Å². The van der Waals surface area contributed by atoms with Crippen molar-refractivity contribution in [3.8, 4) is 11.8 Å². The van der Waals surface area contributed by atoms with Crippen molar-refractivity contribution in [1.82, 2.24) is 0 Å². The third kappa shape index (κ3) is 7.22. The van der Waals surface area contributed by atoms with E-state index >= 15 is 0 Å². The van der Waals surface area contributed by atoms with Gasteiger partial charge in [-0.15, -0.1) is 0 Å². The molecule has 4 aromatic carbocycles. The molecule has 0 radical (unpaired) electrons. The van der Waals surface area contributed by atoms with Crippen molar-refractivity contribution in [2.45, 2.75) is 63.0 Å². The number of rotatable bonds is 11. The maximum atomic E-state index is 13.7. The van der Waals surface area contributed by atoms with E-state index in [4.69, 9.17) is 8.95 Å². The molecule has 0 aromatic heterocycles. The highest BCUT2D eigenvalue weighted by atomic mass is 31.1. The van der Waals surface area contributed by atoms with Gasteiger partial charge in [0.25, 0.3) is 8.32 Å². The number of halogens is 1. The first-order chi connectivity index (χ1) is 24.0. The largest absolute Gasteiger partial charge is 0.481 e. The molecule has 4 aromatic rings. The SMILES string of the molecule is CC(C)(C)[Si](O[C@@H](CC(=O)O)C[PH](=O)OCC#CC1CCCC12C=C(c1ccc(F)cc1)c1ccccc12)(c1ccccc1)c1ccccc1. The highest BCUT2D eigenvalue weighted by Crippen LogP contribution is 2.54. The molecule has 5 nitrogen and oxygen atoms in total. The molecule has 258 valence electrons. The first-order valence-corrected chi connectivity index (χ1v) is 20.7. The molecule has 8 heteroatoms. The standard InChI is InChI=1S/C42H44FO5PSi/c1-41(2,3)50(35-16-6-4-7-17-35,36-18-8-5-9-19-36)48-34(28-40(44)45)30-49(46)47-27-13-15-32-14-12-26-42(32)29-38(31-22-24-33(43)25-23-31)37-20-10-11-21-39(37)42/h4-11,16-25,29,32,34,49H,12,14,26-28,30H2,1-3H3,(H,44,45)/t32?,34-,42?/m0/s1. The highest BCUT2D eigenvalue weighted by Gasteiger charge is 2.52. The van der Waals surface area contributed by atoms with Crippen molar-refractivity contribution < 1.29 is 27.8 Å². The van der Waals surface area contributed by atoms with Crippen molar-refractivity contribution in [3.05, 3.63) is 138 Å². The third-order valence-corrected chi connectivity index (χ3v) is 16.5. The number of hydrogen-bond donors (Lipinski definition) is 1. The zero-order valence-corrected chi connectivity index (χ0v) is 30.8. The minimum atomic E-state index is -3.08. The molecule has 0 amide bonds. The van der Waals surface area contributed by atoms with E-state index in [2.05, 4.69) is 56.9 Å². The molecule has 1 N–H and O–H groups in total. The fraction of sp³-hybridized carbons (Fsp3) is 0.310. The fourth-order valence-corrected chi connectivity index (χ4v) is 13.7. The van der Waals surface area contributed by atoms with Gasteiger partial charge in [-0.3, -0.25) is 9.36 Å². The van der Waals surface area contributed by atoms with Crippen LogP contribution in [0.3, 0.4) is 0 Å². The number of allylic oxidation sites excluding steroid dienone is 1. The quantitative estimate of drug-likeness (QED) is 0.0967. The van der Waals surface area contributed by atoms with Gasteiger partial charge < -0.3 is 14.1 Å². The summed E-state index contributed by atoms with van der Waals surface area (Å²) < 4.78 is 40.1. The average Bonchev–Trinajstić information content (AvgIpc) is 3.66. The molecule has 1 spiro atoms. The van der Waals surface area contributed by atoms with Gasteiger partial charge in [0.05, 0.1) is 12.5 Å². The van der Waals surface area contributed by atoms with Crippen LogP contribution in [0.1, 0.15) is 63.1 Å². The van der Waals surface area contributed by atoms with Crippen molar-refractivity contribution in [3.63, 3.8) is 0 Å². The van der Waals surface area contributed by atoms with Gasteiger partial charge in [-0.2, -0.15) is 0 Å². The Morgan fingerprint density at radius 2 is 1.58 bits per heavy atom. The Labute approximate surface area is 296 Å². The first kappa shape index (κ1) is 35.8. The topological polar surface area (TPSA) is 72.8 Å². The summed E-state index contributed by atoms with van der Waals surface area (Å²) in [6.07, 6.45) is 4.10. The molecule has 1 fully saturated rings. The molecule has 0 aliphatic heterocycles. The zero-order chi connectivity index (χ0) is 35.4. The van der Waals surface area contributed by atoms with Gasteiger partial charge in [-0.05, 0) is 62.6 Å². The predicted octanol–water partition coefficient (Wildman–Crippen LogP) is 8.22. The number of aliphatic carboxylic acids is 1. The van der Waals surface area contributed by atoms with Crippen LogP contribution in [-0.2, 0) is 23.7 Å². The second kappa shape index (κ2) is 15.0. The van der Waals surface area contributed by atoms with Crippen molar-refractivity contribution >= 4 is 38.3 Å². The van der Waals surface area contributed by atoms with Crippen molar-refractivity contribution in [2.75, 3.05) is 12.8 Å². The lowest BCUT2D eigenvalue weighted by atomic mass is 9.74. The van der Waals surface area contributed by atoms with E-state index < -0.39 is 28.4 Å². The summed E-state index contributed by atoms with van der Waals surface area (Å²) in [5.74, 6) is 5.40. The third-order valence-electron chi connectivity index (χ3n) is 10.1. The second-order valence-electron chi connectivity index (χ2n) is 14.3. The van der Waals surface area contributed by atoms with Crippen LogP contribution < -0.4 is 10.4 Å². The van der Waals surface area contributed by atoms with E-state index in [9.17, 15) is 18.9 Å². The zero-order valence-electron chi connectivity index (χ0n) is 28.8. The first-order valence-electron chi connectivity index (χ1n) is 17.3. The van der Waals surface area contributed by atoms with Gasteiger partial charge in [-0.1, -0.05) is 142 Å². The maximum absolute atomic E-state index is 13.7. The van der Waals surface area contributed by atoms with E-state index in [-0.39, 0.29) is 41.4 Å². The van der Waals surface area contributed by atoms with E-state index in [1.54, 1.807) is 0 Å². The Balaban J connectivity index is 1.20.